The number of aryl methyl sites for hydroxylation is 1. The van der Waals surface area contributed by atoms with Gasteiger partial charge in [-0.1, -0.05) is 18.2 Å². The van der Waals surface area contributed by atoms with Gasteiger partial charge in [-0.05, 0) is 47.9 Å². The van der Waals surface area contributed by atoms with Gasteiger partial charge in [0, 0.05) is 12.6 Å². The number of hydrogen-bond donors (Lipinski definition) is 6. The zero-order chi connectivity index (χ0) is 24.9. The molecule has 0 spiro atoms. The van der Waals surface area contributed by atoms with E-state index in [0.29, 0.717) is 16.9 Å². The molecular weight excluding hydrogens is 446 g/mol. The molecule has 3 rings (SSSR count). The number of hydrogen-bond acceptors (Lipinski definition) is 9. The van der Waals surface area contributed by atoms with Crippen LogP contribution in [-0.2, 0) is 9.47 Å². The molecule has 1 aliphatic heterocycles. The van der Waals surface area contributed by atoms with Gasteiger partial charge in [0.15, 0.2) is 5.60 Å². The third-order valence-corrected chi connectivity index (χ3v) is 5.77. The molecule has 1 fully saturated rings. The predicted octanol–water partition coefficient (Wildman–Crippen LogP) is -0.421. The van der Waals surface area contributed by atoms with Crippen molar-refractivity contribution in [2.75, 3.05) is 33.5 Å². The van der Waals surface area contributed by atoms with Gasteiger partial charge in [-0.25, -0.2) is 0 Å². The minimum absolute atomic E-state index is 0.107. The first-order valence-corrected chi connectivity index (χ1v) is 10.9. The predicted molar refractivity (Wildman–Crippen MR) is 121 cm³/mol. The Balaban J connectivity index is 1.87. The van der Waals surface area contributed by atoms with Gasteiger partial charge in [0.1, 0.15) is 24.1 Å². The average Bonchev–Trinajstić information content (AvgIpc) is 2.85. The van der Waals surface area contributed by atoms with Crippen molar-refractivity contribution in [3.05, 3.63) is 53.6 Å². The first-order valence-electron chi connectivity index (χ1n) is 10.9. The highest BCUT2D eigenvalue weighted by molar-refractivity contribution is 5.95. The fourth-order valence-corrected chi connectivity index (χ4v) is 3.79. The lowest BCUT2D eigenvalue weighted by atomic mass is 9.87. The second-order valence-electron chi connectivity index (χ2n) is 8.15. The van der Waals surface area contributed by atoms with Gasteiger partial charge in [-0.2, -0.15) is 0 Å². The van der Waals surface area contributed by atoms with E-state index >= 15 is 0 Å². The SMILES string of the molecule is CNC(=O)c1cccc(-c2ccc(O[C@H]3OC(CO)[C@@H](O)C(O)C3(O)COCCO)c(C)c2)c1. The van der Waals surface area contributed by atoms with Crippen molar-refractivity contribution in [2.24, 2.45) is 0 Å². The number of aliphatic hydroxyl groups is 5. The molecule has 34 heavy (non-hydrogen) atoms. The lowest BCUT2D eigenvalue weighted by Gasteiger charge is -2.47. The zero-order valence-corrected chi connectivity index (χ0v) is 19.0. The van der Waals surface area contributed by atoms with Crippen molar-refractivity contribution in [2.45, 2.75) is 37.1 Å². The van der Waals surface area contributed by atoms with E-state index in [1.54, 1.807) is 44.3 Å². The highest BCUT2D eigenvalue weighted by atomic mass is 16.7. The molecule has 186 valence electrons. The number of benzene rings is 2. The molecule has 10 nitrogen and oxygen atoms in total. The molecule has 1 saturated heterocycles. The Morgan fingerprint density at radius 1 is 1.15 bits per heavy atom. The molecule has 0 saturated carbocycles. The van der Waals surface area contributed by atoms with Crippen LogP contribution in [0.2, 0.25) is 0 Å². The lowest BCUT2D eigenvalue weighted by Crippen LogP contribution is -2.69. The van der Waals surface area contributed by atoms with E-state index in [-0.39, 0.29) is 19.1 Å². The number of rotatable bonds is 9. The Labute approximate surface area is 197 Å². The molecule has 0 aliphatic carbocycles. The molecule has 2 aromatic rings. The van der Waals surface area contributed by atoms with Crippen molar-refractivity contribution in [3.8, 4) is 16.9 Å². The van der Waals surface area contributed by atoms with Crippen molar-refractivity contribution < 1.29 is 44.5 Å². The van der Waals surface area contributed by atoms with Crippen LogP contribution < -0.4 is 10.1 Å². The smallest absolute Gasteiger partial charge is 0.251 e. The molecule has 0 radical (unpaired) electrons. The first-order chi connectivity index (χ1) is 16.2. The minimum Gasteiger partial charge on any atom is -0.461 e. The lowest BCUT2D eigenvalue weighted by molar-refractivity contribution is -0.330. The van der Waals surface area contributed by atoms with Crippen LogP contribution in [0.4, 0.5) is 0 Å². The second kappa shape index (κ2) is 11.2. The Morgan fingerprint density at radius 3 is 2.53 bits per heavy atom. The summed E-state index contributed by atoms with van der Waals surface area (Å²) in [7, 11) is 1.56. The van der Waals surface area contributed by atoms with Crippen molar-refractivity contribution in [1.29, 1.82) is 0 Å². The summed E-state index contributed by atoms with van der Waals surface area (Å²) in [5.41, 5.74) is 0.658. The minimum atomic E-state index is -2.17. The Kier molecular flexibility index (Phi) is 8.61. The number of ether oxygens (including phenoxy) is 3. The number of carbonyl (C=O) groups excluding carboxylic acids is 1. The van der Waals surface area contributed by atoms with E-state index < -0.39 is 43.4 Å². The number of nitrogens with one attached hydrogen (secondary N) is 1. The summed E-state index contributed by atoms with van der Waals surface area (Å²) in [6.45, 7) is 0.274. The van der Waals surface area contributed by atoms with Gasteiger partial charge in [0.25, 0.3) is 5.91 Å². The van der Waals surface area contributed by atoms with Crippen LogP contribution in [0.5, 0.6) is 5.75 Å². The number of aliphatic hydroxyl groups excluding tert-OH is 4. The van der Waals surface area contributed by atoms with Crippen LogP contribution in [-0.4, -0.2) is 95.1 Å². The average molecular weight is 478 g/mol. The quantitative estimate of drug-likeness (QED) is 0.264. The van der Waals surface area contributed by atoms with Crippen LogP contribution in [0.15, 0.2) is 42.5 Å². The monoisotopic (exact) mass is 477 g/mol. The molecule has 5 atom stereocenters. The standard InChI is InChI=1S/C24H31NO9/c1-14-10-16(15-4-3-5-17(11-15)22(30)25-2)6-7-18(14)33-23-24(31,13-32-9-8-26)21(29)20(28)19(12-27)34-23/h3-7,10-11,19-21,23,26-29,31H,8-9,12-13H2,1-2H3,(H,25,30)/t19?,20-,21?,23+,24?/m1/s1. The fourth-order valence-electron chi connectivity index (χ4n) is 3.79. The van der Waals surface area contributed by atoms with E-state index in [9.17, 15) is 25.2 Å². The normalized spacial score (nSPS) is 26.8. The van der Waals surface area contributed by atoms with Crippen LogP contribution in [0.25, 0.3) is 11.1 Å². The Morgan fingerprint density at radius 2 is 1.88 bits per heavy atom. The summed E-state index contributed by atoms with van der Waals surface area (Å²) in [6, 6.07) is 12.4. The van der Waals surface area contributed by atoms with E-state index in [4.69, 9.17) is 19.3 Å². The van der Waals surface area contributed by atoms with Crippen LogP contribution in [0, 0.1) is 6.92 Å². The maximum absolute atomic E-state index is 11.9. The van der Waals surface area contributed by atoms with Crippen molar-refractivity contribution in [3.63, 3.8) is 0 Å². The van der Waals surface area contributed by atoms with Gasteiger partial charge in [-0.3, -0.25) is 4.79 Å². The maximum Gasteiger partial charge on any atom is 0.251 e. The van der Waals surface area contributed by atoms with Crippen LogP contribution in [0.3, 0.4) is 0 Å². The highest BCUT2D eigenvalue weighted by Gasteiger charge is 2.56. The Hall–Kier alpha value is -2.57. The first kappa shape index (κ1) is 26.0. The van der Waals surface area contributed by atoms with Gasteiger partial charge in [-0.15, -0.1) is 0 Å². The van der Waals surface area contributed by atoms with Crippen molar-refractivity contribution >= 4 is 5.91 Å². The molecule has 1 heterocycles. The molecule has 1 aliphatic rings. The van der Waals surface area contributed by atoms with E-state index in [2.05, 4.69) is 5.32 Å². The largest absolute Gasteiger partial charge is 0.461 e. The topological polar surface area (TPSA) is 158 Å². The van der Waals surface area contributed by atoms with E-state index in [1.807, 2.05) is 12.1 Å². The molecule has 0 aromatic heterocycles. The summed E-state index contributed by atoms with van der Waals surface area (Å²) in [5.74, 6) is 0.131. The summed E-state index contributed by atoms with van der Waals surface area (Å²) >= 11 is 0. The Bertz CT molecular complexity index is 985. The second-order valence-corrected chi connectivity index (χ2v) is 8.15. The van der Waals surface area contributed by atoms with Gasteiger partial charge < -0.3 is 45.1 Å². The highest BCUT2D eigenvalue weighted by Crippen LogP contribution is 2.34. The molecule has 0 bridgehead atoms. The molecule has 2 aromatic carbocycles. The summed E-state index contributed by atoms with van der Waals surface area (Å²) in [6.07, 6.45) is -5.99. The number of amides is 1. The van der Waals surface area contributed by atoms with E-state index in [0.717, 1.165) is 11.1 Å². The summed E-state index contributed by atoms with van der Waals surface area (Å²) in [5, 5.41) is 53.0. The van der Waals surface area contributed by atoms with E-state index in [1.165, 1.54) is 0 Å². The van der Waals surface area contributed by atoms with Crippen molar-refractivity contribution in [1.82, 2.24) is 5.32 Å². The molecule has 1 amide bonds. The molecule has 3 unspecified atom stereocenters. The molecule has 6 N–H and O–H groups in total. The van der Waals surface area contributed by atoms with Gasteiger partial charge >= 0.3 is 0 Å². The van der Waals surface area contributed by atoms with Crippen LogP contribution in [0.1, 0.15) is 15.9 Å². The van der Waals surface area contributed by atoms with Gasteiger partial charge in [0.05, 0.1) is 26.4 Å². The third kappa shape index (κ3) is 5.39. The summed E-state index contributed by atoms with van der Waals surface area (Å²) in [4.78, 5) is 11.9. The van der Waals surface area contributed by atoms with Crippen LogP contribution >= 0.6 is 0 Å². The third-order valence-electron chi connectivity index (χ3n) is 5.77. The zero-order valence-electron chi connectivity index (χ0n) is 19.0. The van der Waals surface area contributed by atoms with Gasteiger partial charge in [0.2, 0.25) is 6.29 Å². The molecular formula is C24H31NO9. The maximum atomic E-state index is 11.9. The molecule has 10 heteroatoms. The summed E-state index contributed by atoms with van der Waals surface area (Å²) < 4.78 is 16.7. The number of carbonyl (C=O) groups is 1. The fraction of sp³-hybridized carbons (Fsp3) is 0.458.